The molecule has 3 aromatic rings. The van der Waals surface area contributed by atoms with E-state index in [-0.39, 0.29) is 18.4 Å². The highest BCUT2D eigenvalue weighted by molar-refractivity contribution is 5.97. The molecule has 1 aliphatic rings. The number of methoxy groups -OCH3 is 4. The van der Waals surface area contributed by atoms with Crippen molar-refractivity contribution in [2.24, 2.45) is 0 Å². The van der Waals surface area contributed by atoms with E-state index >= 15 is 0 Å². The van der Waals surface area contributed by atoms with Crippen molar-refractivity contribution in [1.29, 1.82) is 0 Å². The first-order chi connectivity index (χ1) is 19.5. The summed E-state index contributed by atoms with van der Waals surface area (Å²) < 4.78 is 21.1. The highest BCUT2D eigenvalue weighted by Crippen LogP contribution is 2.31. The van der Waals surface area contributed by atoms with Crippen LogP contribution >= 0.6 is 0 Å². The van der Waals surface area contributed by atoms with E-state index in [0.717, 1.165) is 17.1 Å². The maximum absolute atomic E-state index is 13.2. The molecule has 4 rings (SSSR count). The number of rotatable bonds is 11. The highest BCUT2D eigenvalue weighted by atomic mass is 16.5. The van der Waals surface area contributed by atoms with Gasteiger partial charge in [-0.1, -0.05) is 6.07 Å². The number of amides is 2. The van der Waals surface area contributed by atoms with Gasteiger partial charge in [-0.2, -0.15) is 0 Å². The summed E-state index contributed by atoms with van der Waals surface area (Å²) in [4.78, 5) is 31.7. The maximum Gasteiger partial charge on any atom is 0.254 e. The van der Waals surface area contributed by atoms with Crippen LogP contribution in [0, 0.1) is 0 Å². The van der Waals surface area contributed by atoms with Crippen LogP contribution in [0.15, 0.2) is 54.6 Å². The SMILES string of the molecule is COCCN(CC(=O)N1CCN(c2ccc(-c3ccc(OC)c(OC)c3)nn2)CC1)C(=O)c1cccc(OC)c1. The van der Waals surface area contributed by atoms with Gasteiger partial charge in [0.15, 0.2) is 17.3 Å². The number of hydrogen-bond acceptors (Lipinski definition) is 9. The van der Waals surface area contributed by atoms with Crippen molar-refractivity contribution in [2.75, 3.05) is 79.2 Å². The highest BCUT2D eigenvalue weighted by Gasteiger charge is 2.26. The van der Waals surface area contributed by atoms with Crippen LogP contribution in [0.5, 0.6) is 17.2 Å². The van der Waals surface area contributed by atoms with Gasteiger partial charge in [-0.25, -0.2) is 0 Å². The Kier molecular flexibility index (Phi) is 9.74. The average Bonchev–Trinajstić information content (AvgIpc) is 3.02. The number of nitrogens with zero attached hydrogens (tertiary/aromatic N) is 5. The first kappa shape index (κ1) is 28.6. The number of aromatic nitrogens is 2. The molecule has 0 radical (unpaired) electrons. The van der Waals surface area contributed by atoms with Gasteiger partial charge in [0.25, 0.3) is 5.91 Å². The standard InChI is InChI=1S/C29H35N5O6/c1-37-17-16-34(29(36)22-6-5-7-23(18-22)38-2)20-28(35)33-14-12-32(13-15-33)27-11-9-24(30-31-27)21-8-10-25(39-3)26(19-21)40-4/h5-11,18-19H,12-17,20H2,1-4H3. The van der Waals surface area contributed by atoms with E-state index in [9.17, 15) is 9.59 Å². The lowest BCUT2D eigenvalue weighted by molar-refractivity contribution is -0.132. The van der Waals surface area contributed by atoms with Gasteiger partial charge >= 0.3 is 0 Å². The molecule has 1 saturated heterocycles. The molecule has 1 aliphatic heterocycles. The largest absolute Gasteiger partial charge is 0.497 e. The number of anilines is 1. The smallest absolute Gasteiger partial charge is 0.254 e. The summed E-state index contributed by atoms with van der Waals surface area (Å²) in [7, 11) is 6.31. The number of hydrogen-bond donors (Lipinski definition) is 0. The Labute approximate surface area is 234 Å². The Balaban J connectivity index is 1.36. The summed E-state index contributed by atoms with van der Waals surface area (Å²) in [5.41, 5.74) is 2.05. The van der Waals surface area contributed by atoms with Gasteiger partial charge in [-0.3, -0.25) is 9.59 Å². The fourth-order valence-electron chi connectivity index (χ4n) is 4.48. The van der Waals surface area contributed by atoms with Crippen LogP contribution in [0.1, 0.15) is 10.4 Å². The van der Waals surface area contributed by atoms with Crippen molar-refractivity contribution >= 4 is 17.6 Å². The van der Waals surface area contributed by atoms with E-state index in [1.807, 2.05) is 30.3 Å². The number of ether oxygens (including phenoxy) is 4. The summed E-state index contributed by atoms with van der Waals surface area (Å²) in [5, 5.41) is 8.83. The number of benzene rings is 2. The van der Waals surface area contributed by atoms with Gasteiger partial charge in [0, 0.05) is 51.0 Å². The van der Waals surface area contributed by atoms with E-state index in [4.69, 9.17) is 18.9 Å². The van der Waals surface area contributed by atoms with Gasteiger partial charge in [0.1, 0.15) is 12.3 Å². The quantitative estimate of drug-likeness (QED) is 0.357. The summed E-state index contributed by atoms with van der Waals surface area (Å²) in [5.74, 6) is 2.24. The fraction of sp³-hybridized carbons (Fsp3) is 0.379. The Morgan fingerprint density at radius 3 is 2.27 bits per heavy atom. The second kappa shape index (κ2) is 13.6. The zero-order chi connectivity index (χ0) is 28.5. The van der Waals surface area contributed by atoms with Crippen LogP contribution in [0.2, 0.25) is 0 Å². The lowest BCUT2D eigenvalue weighted by atomic mass is 10.1. The van der Waals surface area contributed by atoms with Crippen molar-refractivity contribution in [1.82, 2.24) is 20.0 Å². The molecule has 2 heterocycles. The molecule has 40 heavy (non-hydrogen) atoms. The van der Waals surface area contributed by atoms with Crippen molar-refractivity contribution in [3.8, 4) is 28.5 Å². The molecule has 2 amide bonds. The van der Waals surface area contributed by atoms with E-state index in [0.29, 0.717) is 62.1 Å². The molecule has 2 aromatic carbocycles. The molecule has 0 unspecified atom stereocenters. The normalized spacial score (nSPS) is 13.1. The van der Waals surface area contributed by atoms with E-state index in [1.54, 1.807) is 57.6 Å². The predicted molar refractivity (Wildman–Crippen MR) is 150 cm³/mol. The van der Waals surface area contributed by atoms with Crippen LogP contribution in [0.3, 0.4) is 0 Å². The van der Waals surface area contributed by atoms with Gasteiger partial charge in [-0.15, -0.1) is 10.2 Å². The molecule has 1 fully saturated rings. The van der Waals surface area contributed by atoms with Gasteiger partial charge < -0.3 is 33.6 Å². The third-order valence-electron chi connectivity index (χ3n) is 6.78. The zero-order valence-electron chi connectivity index (χ0n) is 23.3. The first-order valence-electron chi connectivity index (χ1n) is 13.0. The fourth-order valence-corrected chi connectivity index (χ4v) is 4.48. The second-order valence-corrected chi connectivity index (χ2v) is 9.17. The first-order valence-corrected chi connectivity index (χ1v) is 13.0. The maximum atomic E-state index is 13.2. The van der Waals surface area contributed by atoms with Crippen molar-refractivity contribution < 1.29 is 28.5 Å². The molecule has 0 spiro atoms. The van der Waals surface area contributed by atoms with E-state index in [1.165, 1.54) is 4.90 Å². The van der Waals surface area contributed by atoms with Gasteiger partial charge in [0.05, 0.1) is 33.6 Å². The minimum Gasteiger partial charge on any atom is -0.497 e. The van der Waals surface area contributed by atoms with E-state index < -0.39 is 0 Å². The summed E-state index contributed by atoms with van der Waals surface area (Å²) in [6.45, 7) is 2.86. The number of piperazine rings is 1. The van der Waals surface area contributed by atoms with Crippen molar-refractivity contribution in [2.45, 2.75) is 0 Å². The lowest BCUT2D eigenvalue weighted by Gasteiger charge is -2.36. The van der Waals surface area contributed by atoms with Crippen LogP contribution in [0.25, 0.3) is 11.3 Å². The van der Waals surface area contributed by atoms with Crippen molar-refractivity contribution in [3.63, 3.8) is 0 Å². The molecule has 11 nitrogen and oxygen atoms in total. The third kappa shape index (κ3) is 6.78. The molecule has 0 saturated carbocycles. The van der Waals surface area contributed by atoms with Crippen LogP contribution < -0.4 is 19.1 Å². The molecule has 0 N–H and O–H groups in total. The number of carbonyl (C=O) groups is 2. The molecule has 11 heteroatoms. The minimum absolute atomic E-state index is 0.0285. The van der Waals surface area contributed by atoms with Gasteiger partial charge in [0.2, 0.25) is 5.91 Å². The third-order valence-corrected chi connectivity index (χ3v) is 6.78. The van der Waals surface area contributed by atoms with Crippen LogP contribution in [0.4, 0.5) is 5.82 Å². The molecule has 212 valence electrons. The van der Waals surface area contributed by atoms with Crippen molar-refractivity contribution in [3.05, 3.63) is 60.2 Å². The average molecular weight is 550 g/mol. The van der Waals surface area contributed by atoms with Crippen LogP contribution in [-0.2, 0) is 9.53 Å². The summed E-state index contributed by atoms with van der Waals surface area (Å²) in [6, 6.07) is 16.4. The second-order valence-electron chi connectivity index (χ2n) is 9.17. The Morgan fingerprint density at radius 2 is 1.62 bits per heavy atom. The summed E-state index contributed by atoms with van der Waals surface area (Å²) >= 11 is 0. The number of carbonyl (C=O) groups excluding carboxylic acids is 2. The minimum atomic E-state index is -0.243. The molecule has 0 aliphatic carbocycles. The Hall–Kier alpha value is -4.38. The molecular weight excluding hydrogens is 514 g/mol. The molecular formula is C29H35N5O6. The molecule has 0 bridgehead atoms. The van der Waals surface area contributed by atoms with Gasteiger partial charge in [-0.05, 0) is 48.5 Å². The Morgan fingerprint density at radius 1 is 0.850 bits per heavy atom. The van der Waals surface area contributed by atoms with E-state index in [2.05, 4.69) is 15.1 Å². The molecule has 0 atom stereocenters. The topological polar surface area (TPSA) is 107 Å². The Bertz CT molecular complexity index is 1290. The molecule has 1 aromatic heterocycles. The zero-order valence-corrected chi connectivity index (χ0v) is 23.3. The predicted octanol–water partition coefficient (Wildman–Crippen LogP) is 2.61. The monoisotopic (exact) mass is 549 g/mol. The van der Waals surface area contributed by atoms with Crippen LogP contribution in [-0.4, -0.2) is 106 Å². The lowest BCUT2D eigenvalue weighted by Crippen LogP contribution is -2.52. The summed E-state index contributed by atoms with van der Waals surface area (Å²) in [6.07, 6.45) is 0.